The molecule has 0 aliphatic carbocycles. The van der Waals surface area contributed by atoms with Crippen LogP contribution >= 0.6 is 11.3 Å². The number of thiazole rings is 1. The summed E-state index contributed by atoms with van der Waals surface area (Å²) in [6.45, 7) is 4.13. The molecule has 200 valence electrons. The van der Waals surface area contributed by atoms with Crippen LogP contribution in [0.5, 0.6) is 11.5 Å². The number of nitrogens with zero attached hydrogens (tertiary/aromatic N) is 7. The minimum Gasteiger partial charge on any atom is -0.493 e. The van der Waals surface area contributed by atoms with Crippen molar-refractivity contribution >= 4 is 26.7 Å². The lowest BCUT2D eigenvalue weighted by atomic mass is 10.0. The number of para-hydroxylation sites is 1. The molecule has 1 aliphatic heterocycles. The van der Waals surface area contributed by atoms with Gasteiger partial charge in [0.1, 0.15) is 0 Å². The quantitative estimate of drug-likeness (QED) is 0.271. The molecule has 10 heteroatoms. The first-order valence-electron chi connectivity index (χ1n) is 13.1. The van der Waals surface area contributed by atoms with Gasteiger partial charge >= 0.3 is 0 Å². The molecule has 39 heavy (non-hydrogen) atoms. The third-order valence-electron chi connectivity index (χ3n) is 7.22. The Morgan fingerprint density at radius 3 is 2.41 bits per heavy atom. The molecule has 2 aromatic heterocycles. The number of rotatable bonds is 9. The zero-order chi connectivity index (χ0) is 26.6. The lowest BCUT2D eigenvalue weighted by Crippen LogP contribution is -2.48. The highest BCUT2D eigenvalue weighted by atomic mass is 32.1. The van der Waals surface area contributed by atoms with Crippen molar-refractivity contribution in [3.63, 3.8) is 0 Å². The van der Waals surface area contributed by atoms with E-state index < -0.39 is 0 Å². The normalized spacial score (nSPS) is 15.0. The maximum absolute atomic E-state index is 5.65. The Balaban J connectivity index is 1.28. The van der Waals surface area contributed by atoms with Crippen LogP contribution < -0.4 is 14.4 Å². The Labute approximate surface area is 231 Å². The summed E-state index contributed by atoms with van der Waals surface area (Å²) in [5, 5.41) is 14.1. The summed E-state index contributed by atoms with van der Waals surface area (Å²) in [4.78, 5) is 9.72. The number of piperazine rings is 1. The maximum atomic E-state index is 5.65. The van der Waals surface area contributed by atoms with Gasteiger partial charge in [0.05, 0.1) is 30.5 Å². The molecule has 0 spiro atoms. The lowest BCUT2D eigenvalue weighted by molar-refractivity contribution is 0.200. The molecule has 1 fully saturated rings. The second-order valence-electron chi connectivity index (χ2n) is 9.50. The monoisotopic (exact) mass is 541 g/mol. The van der Waals surface area contributed by atoms with Gasteiger partial charge in [-0.05, 0) is 52.2 Å². The number of benzene rings is 3. The number of anilines is 1. The van der Waals surface area contributed by atoms with Crippen molar-refractivity contribution in [2.45, 2.75) is 19.0 Å². The minimum absolute atomic E-state index is 0.131. The van der Waals surface area contributed by atoms with E-state index in [0.29, 0.717) is 18.0 Å². The predicted octanol–water partition coefficient (Wildman–Crippen LogP) is 4.45. The molecule has 3 aromatic carbocycles. The first kappa shape index (κ1) is 25.3. The van der Waals surface area contributed by atoms with Gasteiger partial charge in [-0.25, -0.2) is 9.67 Å². The van der Waals surface area contributed by atoms with Gasteiger partial charge in [-0.15, -0.1) is 5.10 Å². The van der Waals surface area contributed by atoms with Crippen LogP contribution in [0.1, 0.15) is 23.0 Å². The Morgan fingerprint density at radius 2 is 1.64 bits per heavy atom. The molecule has 0 N–H and O–H groups in total. The number of aromatic nitrogens is 5. The second-order valence-corrected chi connectivity index (χ2v) is 10.5. The van der Waals surface area contributed by atoms with Gasteiger partial charge in [0.25, 0.3) is 0 Å². The molecule has 9 nitrogen and oxygen atoms in total. The van der Waals surface area contributed by atoms with E-state index >= 15 is 0 Å². The van der Waals surface area contributed by atoms with Crippen molar-refractivity contribution in [1.29, 1.82) is 0 Å². The number of aryl methyl sites for hydroxylation is 2. The Bertz CT molecular complexity index is 1500. The molecule has 1 aliphatic rings. The second kappa shape index (κ2) is 11.4. The van der Waals surface area contributed by atoms with Crippen LogP contribution in [0.15, 0.2) is 72.8 Å². The predicted molar refractivity (Wildman–Crippen MR) is 153 cm³/mol. The van der Waals surface area contributed by atoms with E-state index in [0.717, 1.165) is 54.6 Å². The molecule has 5 aromatic rings. The third kappa shape index (κ3) is 5.30. The summed E-state index contributed by atoms with van der Waals surface area (Å²) in [6.07, 6.45) is 0.850. The van der Waals surface area contributed by atoms with Crippen molar-refractivity contribution in [1.82, 2.24) is 30.1 Å². The molecular formula is C29H31N7O2S. The summed E-state index contributed by atoms with van der Waals surface area (Å²) in [7, 11) is 3.32. The lowest BCUT2D eigenvalue weighted by Gasteiger charge is -2.39. The number of hydrogen-bond donors (Lipinski definition) is 0. The van der Waals surface area contributed by atoms with E-state index in [1.54, 1.807) is 25.6 Å². The van der Waals surface area contributed by atoms with Crippen LogP contribution in [0.3, 0.4) is 0 Å². The number of tetrazole rings is 1. The average Bonchev–Trinajstić information content (AvgIpc) is 3.64. The largest absolute Gasteiger partial charge is 0.493 e. The SMILES string of the molecule is COc1ccc(C(c2nnnn2CCc2ccccc2)N2CCN(c3nc4ccccc4s3)CC2)cc1OC. The smallest absolute Gasteiger partial charge is 0.186 e. The molecule has 0 bridgehead atoms. The van der Waals surface area contributed by atoms with Crippen LogP contribution in [-0.2, 0) is 13.0 Å². The van der Waals surface area contributed by atoms with E-state index in [4.69, 9.17) is 14.5 Å². The first-order valence-corrected chi connectivity index (χ1v) is 13.9. The number of ether oxygens (including phenoxy) is 2. The molecule has 3 heterocycles. The molecular weight excluding hydrogens is 510 g/mol. The topological polar surface area (TPSA) is 81.4 Å². The fourth-order valence-electron chi connectivity index (χ4n) is 5.16. The molecule has 6 rings (SSSR count). The Hall–Kier alpha value is -4.02. The maximum Gasteiger partial charge on any atom is 0.186 e. The van der Waals surface area contributed by atoms with Crippen molar-refractivity contribution in [2.75, 3.05) is 45.3 Å². The number of hydrogen-bond acceptors (Lipinski definition) is 9. The summed E-state index contributed by atoms with van der Waals surface area (Å²) < 4.78 is 14.3. The van der Waals surface area contributed by atoms with Gasteiger partial charge in [-0.2, -0.15) is 0 Å². The van der Waals surface area contributed by atoms with Crippen LogP contribution in [0, 0.1) is 0 Å². The van der Waals surface area contributed by atoms with Crippen molar-refractivity contribution in [3.8, 4) is 11.5 Å². The van der Waals surface area contributed by atoms with Crippen LogP contribution in [0.25, 0.3) is 10.2 Å². The average molecular weight is 542 g/mol. The molecule has 1 saturated heterocycles. The van der Waals surface area contributed by atoms with Crippen molar-refractivity contribution in [3.05, 3.63) is 89.7 Å². The third-order valence-corrected chi connectivity index (χ3v) is 8.31. The van der Waals surface area contributed by atoms with Gasteiger partial charge in [0.2, 0.25) is 0 Å². The summed E-state index contributed by atoms with van der Waals surface area (Å²) >= 11 is 1.75. The first-order chi connectivity index (χ1) is 19.2. The van der Waals surface area contributed by atoms with Crippen LogP contribution in [0.4, 0.5) is 5.13 Å². The zero-order valence-electron chi connectivity index (χ0n) is 22.1. The highest BCUT2D eigenvalue weighted by molar-refractivity contribution is 7.22. The van der Waals surface area contributed by atoms with Gasteiger partial charge in [0, 0.05) is 32.7 Å². The van der Waals surface area contributed by atoms with Gasteiger partial charge < -0.3 is 14.4 Å². The molecule has 1 unspecified atom stereocenters. The van der Waals surface area contributed by atoms with E-state index in [1.165, 1.54) is 10.3 Å². The van der Waals surface area contributed by atoms with Crippen LogP contribution in [0.2, 0.25) is 0 Å². The minimum atomic E-state index is -0.131. The van der Waals surface area contributed by atoms with Gasteiger partial charge in [-0.3, -0.25) is 4.90 Å². The van der Waals surface area contributed by atoms with Crippen LogP contribution in [-0.4, -0.2) is 70.5 Å². The van der Waals surface area contributed by atoms with Crippen molar-refractivity contribution in [2.24, 2.45) is 0 Å². The highest BCUT2D eigenvalue weighted by Crippen LogP contribution is 2.36. The number of methoxy groups -OCH3 is 2. The van der Waals surface area contributed by atoms with Gasteiger partial charge in [-0.1, -0.05) is 59.9 Å². The zero-order valence-corrected chi connectivity index (χ0v) is 22.9. The fraction of sp³-hybridized carbons (Fsp3) is 0.310. The standard InChI is InChI=1S/C29H31N7O2S/c1-37-24-13-12-22(20-25(24)38-2)27(28-31-32-33-36(28)15-14-21-8-4-3-5-9-21)34-16-18-35(19-17-34)29-30-23-10-6-7-11-26(23)39-29/h3-13,20,27H,14-19H2,1-2H3. The molecule has 0 radical (unpaired) electrons. The Kier molecular flexibility index (Phi) is 7.38. The molecule has 0 amide bonds. The van der Waals surface area contributed by atoms with E-state index in [2.05, 4.69) is 73.9 Å². The fourth-order valence-corrected chi connectivity index (χ4v) is 6.18. The van der Waals surface area contributed by atoms with Gasteiger partial charge in [0.15, 0.2) is 22.5 Å². The van der Waals surface area contributed by atoms with E-state index in [9.17, 15) is 0 Å². The van der Waals surface area contributed by atoms with E-state index in [1.807, 2.05) is 28.9 Å². The summed E-state index contributed by atoms with van der Waals surface area (Å²) in [5.41, 5.74) is 3.38. The Morgan fingerprint density at radius 1 is 0.872 bits per heavy atom. The highest BCUT2D eigenvalue weighted by Gasteiger charge is 2.32. The molecule has 1 atom stereocenters. The van der Waals surface area contributed by atoms with Crippen molar-refractivity contribution < 1.29 is 9.47 Å². The number of fused-ring (bicyclic) bond motifs is 1. The van der Waals surface area contributed by atoms with E-state index in [-0.39, 0.29) is 6.04 Å². The summed E-state index contributed by atoms with van der Waals surface area (Å²) in [5.74, 6) is 2.22. The summed E-state index contributed by atoms with van der Waals surface area (Å²) in [6, 6.07) is 24.7. The molecule has 0 saturated carbocycles.